The molecule has 0 bridgehead atoms. The molecule has 5 nitrogen and oxygen atoms in total. The molecule has 0 saturated carbocycles. The van der Waals surface area contributed by atoms with Gasteiger partial charge in [-0.25, -0.2) is 9.18 Å². The van der Waals surface area contributed by atoms with Gasteiger partial charge in [0.25, 0.3) is 5.91 Å². The number of carbonyl (C=O) groups excluding carboxylic acids is 2. The molecule has 3 rings (SSSR count). The van der Waals surface area contributed by atoms with Crippen molar-refractivity contribution < 1.29 is 18.7 Å². The summed E-state index contributed by atoms with van der Waals surface area (Å²) in [6.07, 6.45) is 3.68. The standard InChI is InChI=1S/C20H21FN2O3/c21-16-6-4-5-15(13-16)20(25)26-14-19(24)22-17-7-9-18(10-8-17)23-11-2-1-3-12-23/h4-10,13H,1-3,11-12,14H2,(H,22,24). The Morgan fingerprint density at radius 3 is 2.46 bits per heavy atom. The molecule has 0 aromatic heterocycles. The minimum atomic E-state index is -0.736. The van der Waals surface area contributed by atoms with E-state index in [2.05, 4.69) is 10.2 Å². The summed E-state index contributed by atoms with van der Waals surface area (Å²) in [7, 11) is 0. The minimum absolute atomic E-state index is 0.0729. The van der Waals surface area contributed by atoms with Crippen LogP contribution < -0.4 is 10.2 Å². The lowest BCUT2D eigenvalue weighted by atomic mass is 10.1. The molecule has 1 amide bonds. The lowest BCUT2D eigenvalue weighted by Gasteiger charge is -2.28. The number of benzene rings is 2. The van der Waals surface area contributed by atoms with E-state index in [1.54, 1.807) is 0 Å². The normalized spacial score (nSPS) is 14.0. The molecule has 0 unspecified atom stereocenters. The van der Waals surface area contributed by atoms with E-state index in [9.17, 15) is 14.0 Å². The number of amides is 1. The highest BCUT2D eigenvalue weighted by Crippen LogP contribution is 2.21. The highest BCUT2D eigenvalue weighted by molar-refractivity contribution is 5.95. The highest BCUT2D eigenvalue weighted by atomic mass is 19.1. The number of nitrogens with one attached hydrogen (secondary N) is 1. The fourth-order valence-electron chi connectivity index (χ4n) is 2.93. The number of ether oxygens (including phenoxy) is 1. The Bertz CT molecular complexity index is 771. The number of esters is 1. The van der Waals surface area contributed by atoms with Crippen molar-refractivity contribution in [3.05, 3.63) is 59.9 Å². The number of carbonyl (C=O) groups is 2. The Hall–Kier alpha value is -2.89. The van der Waals surface area contributed by atoms with Crippen LogP contribution in [0.2, 0.25) is 0 Å². The number of piperidine rings is 1. The molecule has 1 saturated heterocycles. The first-order valence-electron chi connectivity index (χ1n) is 8.69. The predicted octanol–water partition coefficient (Wildman–Crippen LogP) is 3.61. The van der Waals surface area contributed by atoms with Gasteiger partial charge in [-0.15, -0.1) is 0 Å². The minimum Gasteiger partial charge on any atom is -0.452 e. The fourth-order valence-corrected chi connectivity index (χ4v) is 2.93. The smallest absolute Gasteiger partial charge is 0.338 e. The molecule has 0 radical (unpaired) electrons. The summed E-state index contributed by atoms with van der Waals surface area (Å²) < 4.78 is 18.0. The zero-order valence-electron chi connectivity index (χ0n) is 14.4. The molecule has 6 heteroatoms. The molecule has 1 N–H and O–H groups in total. The molecular weight excluding hydrogens is 335 g/mol. The zero-order valence-corrected chi connectivity index (χ0v) is 14.4. The van der Waals surface area contributed by atoms with Crippen molar-refractivity contribution in [1.82, 2.24) is 0 Å². The van der Waals surface area contributed by atoms with E-state index in [4.69, 9.17) is 4.74 Å². The number of rotatable bonds is 5. The molecule has 1 heterocycles. The van der Waals surface area contributed by atoms with Crippen LogP contribution in [0.1, 0.15) is 29.6 Å². The van der Waals surface area contributed by atoms with Crippen molar-refractivity contribution in [3.8, 4) is 0 Å². The summed E-state index contributed by atoms with van der Waals surface area (Å²) in [6, 6.07) is 12.8. The average Bonchev–Trinajstić information content (AvgIpc) is 2.67. The maximum atomic E-state index is 13.1. The van der Waals surface area contributed by atoms with E-state index < -0.39 is 24.3 Å². The van der Waals surface area contributed by atoms with Crippen LogP contribution in [0.25, 0.3) is 0 Å². The number of nitrogens with zero attached hydrogens (tertiary/aromatic N) is 1. The van der Waals surface area contributed by atoms with Crippen LogP contribution in [0.5, 0.6) is 0 Å². The van der Waals surface area contributed by atoms with Crippen LogP contribution in [0, 0.1) is 5.82 Å². The lowest BCUT2D eigenvalue weighted by Crippen LogP contribution is -2.29. The summed E-state index contributed by atoms with van der Waals surface area (Å²) in [5, 5.41) is 2.68. The summed E-state index contributed by atoms with van der Waals surface area (Å²) >= 11 is 0. The molecule has 2 aromatic rings. The van der Waals surface area contributed by atoms with Gasteiger partial charge in [0, 0.05) is 24.5 Å². The molecule has 136 valence electrons. The highest BCUT2D eigenvalue weighted by Gasteiger charge is 2.13. The summed E-state index contributed by atoms with van der Waals surface area (Å²) in [5.41, 5.74) is 1.85. The van der Waals surface area contributed by atoms with Gasteiger partial charge in [0.1, 0.15) is 5.82 Å². The van der Waals surface area contributed by atoms with E-state index in [0.717, 1.165) is 24.8 Å². The Labute approximate surface area is 151 Å². The maximum Gasteiger partial charge on any atom is 0.338 e. The molecule has 1 fully saturated rings. The number of hydrogen-bond acceptors (Lipinski definition) is 4. The monoisotopic (exact) mass is 356 g/mol. The van der Waals surface area contributed by atoms with Crippen molar-refractivity contribution in [1.29, 1.82) is 0 Å². The molecule has 1 aliphatic heterocycles. The predicted molar refractivity (Wildman–Crippen MR) is 97.8 cm³/mol. The molecule has 1 aliphatic rings. The van der Waals surface area contributed by atoms with Crippen molar-refractivity contribution in [2.75, 3.05) is 29.9 Å². The molecule has 26 heavy (non-hydrogen) atoms. The third kappa shape index (κ3) is 4.81. The fraction of sp³-hybridized carbons (Fsp3) is 0.300. The van der Waals surface area contributed by atoms with Crippen LogP contribution in [0.4, 0.5) is 15.8 Å². The van der Waals surface area contributed by atoms with Crippen molar-refractivity contribution in [3.63, 3.8) is 0 Å². The van der Waals surface area contributed by atoms with Crippen molar-refractivity contribution in [2.45, 2.75) is 19.3 Å². The Balaban J connectivity index is 1.49. The Morgan fingerprint density at radius 1 is 1.04 bits per heavy atom. The topological polar surface area (TPSA) is 58.6 Å². The zero-order chi connectivity index (χ0) is 18.4. The molecule has 0 aliphatic carbocycles. The number of hydrogen-bond donors (Lipinski definition) is 1. The second kappa shape index (κ2) is 8.47. The first-order chi connectivity index (χ1) is 12.6. The van der Waals surface area contributed by atoms with Gasteiger partial charge >= 0.3 is 5.97 Å². The van der Waals surface area contributed by atoms with Gasteiger partial charge in [0.2, 0.25) is 0 Å². The summed E-state index contributed by atoms with van der Waals surface area (Å²) in [5.74, 6) is -1.71. The molecule has 0 atom stereocenters. The van der Waals surface area contributed by atoms with E-state index >= 15 is 0 Å². The van der Waals surface area contributed by atoms with E-state index in [-0.39, 0.29) is 5.56 Å². The quantitative estimate of drug-likeness (QED) is 0.832. The molecule has 2 aromatic carbocycles. The van der Waals surface area contributed by atoms with Gasteiger partial charge in [-0.05, 0) is 61.7 Å². The van der Waals surface area contributed by atoms with Gasteiger partial charge < -0.3 is 15.0 Å². The van der Waals surface area contributed by atoms with Crippen molar-refractivity contribution >= 4 is 23.3 Å². The van der Waals surface area contributed by atoms with Crippen LogP contribution in [0.15, 0.2) is 48.5 Å². The number of halogens is 1. The van der Waals surface area contributed by atoms with E-state index in [1.165, 1.54) is 37.5 Å². The van der Waals surface area contributed by atoms with Gasteiger partial charge in [-0.2, -0.15) is 0 Å². The van der Waals surface area contributed by atoms with Gasteiger partial charge in [0.05, 0.1) is 5.56 Å². The Morgan fingerprint density at radius 2 is 1.77 bits per heavy atom. The SMILES string of the molecule is O=C(COC(=O)c1cccc(F)c1)Nc1ccc(N2CCCCC2)cc1. The van der Waals surface area contributed by atoms with Crippen LogP contribution in [0.3, 0.4) is 0 Å². The first-order valence-corrected chi connectivity index (χ1v) is 8.69. The second-order valence-electron chi connectivity index (χ2n) is 6.23. The molecule has 0 spiro atoms. The number of anilines is 2. The van der Waals surface area contributed by atoms with Gasteiger partial charge in [-0.3, -0.25) is 4.79 Å². The lowest BCUT2D eigenvalue weighted by molar-refractivity contribution is -0.119. The average molecular weight is 356 g/mol. The summed E-state index contributed by atoms with van der Waals surface area (Å²) in [6.45, 7) is 1.69. The van der Waals surface area contributed by atoms with Crippen LogP contribution >= 0.6 is 0 Å². The van der Waals surface area contributed by atoms with Crippen LogP contribution in [-0.2, 0) is 9.53 Å². The summed E-state index contributed by atoms with van der Waals surface area (Å²) in [4.78, 5) is 26.1. The van der Waals surface area contributed by atoms with Gasteiger partial charge in [0.15, 0.2) is 6.61 Å². The second-order valence-corrected chi connectivity index (χ2v) is 6.23. The largest absolute Gasteiger partial charge is 0.452 e. The first kappa shape index (κ1) is 17.9. The van der Waals surface area contributed by atoms with E-state index in [0.29, 0.717) is 5.69 Å². The van der Waals surface area contributed by atoms with Crippen molar-refractivity contribution in [2.24, 2.45) is 0 Å². The van der Waals surface area contributed by atoms with E-state index in [1.807, 2.05) is 24.3 Å². The van der Waals surface area contributed by atoms with Gasteiger partial charge in [-0.1, -0.05) is 6.07 Å². The third-order valence-electron chi connectivity index (χ3n) is 4.27. The maximum absolute atomic E-state index is 13.1. The molecular formula is C20H21FN2O3. The van der Waals surface area contributed by atoms with Crippen LogP contribution in [-0.4, -0.2) is 31.6 Å². The Kier molecular flexibility index (Phi) is 5.84. The third-order valence-corrected chi connectivity index (χ3v) is 4.27.